The molecule has 1 aromatic rings. The number of ether oxygens (including phenoxy) is 1. The molecule has 0 saturated heterocycles. The zero-order valence-corrected chi connectivity index (χ0v) is 10.7. The average molecular weight is 241 g/mol. The summed E-state index contributed by atoms with van der Waals surface area (Å²) in [6.45, 7) is 6.26. The standard InChI is InChI=1S/C13H20FNO2/c1-13(2,3)15-8-10(16)9-6-5-7-11(17-4)12(9)14/h5-7,10,15-16H,8H2,1-4H3. The van der Waals surface area contributed by atoms with Crippen LogP contribution in [0.15, 0.2) is 18.2 Å². The summed E-state index contributed by atoms with van der Waals surface area (Å²) in [5.41, 5.74) is 0.136. The SMILES string of the molecule is COc1cccc(C(O)CNC(C)(C)C)c1F. The fourth-order valence-corrected chi connectivity index (χ4v) is 1.46. The van der Waals surface area contributed by atoms with Crippen LogP contribution in [0.25, 0.3) is 0 Å². The second-order valence-electron chi connectivity index (χ2n) is 5.01. The predicted molar refractivity (Wildman–Crippen MR) is 65.7 cm³/mol. The molecule has 96 valence electrons. The molecule has 0 amide bonds. The highest BCUT2D eigenvalue weighted by Gasteiger charge is 2.18. The first-order valence-electron chi connectivity index (χ1n) is 5.60. The minimum Gasteiger partial charge on any atom is -0.494 e. The zero-order chi connectivity index (χ0) is 13.1. The third-order valence-corrected chi connectivity index (χ3v) is 2.40. The number of hydrogen-bond donors (Lipinski definition) is 2. The van der Waals surface area contributed by atoms with Crippen LogP contribution < -0.4 is 10.1 Å². The van der Waals surface area contributed by atoms with Gasteiger partial charge in [-0.25, -0.2) is 4.39 Å². The molecule has 0 aromatic heterocycles. The number of methoxy groups -OCH3 is 1. The number of benzene rings is 1. The summed E-state index contributed by atoms with van der Waals surface area (Å²) in [6, 6.07) is 4.76. The molecule has 1 aromatic carbocycles. The summed E-state index contributed by atoms with van der Waals surface area (Å²) in [4.78, 5) is 0. The Balaban J connectivity index is 2.79. The Hall–Kier alpha value is -1.13. The van der Waals surface area contributed by atoms with E-state index in [2.05, 4.69) is 5.32 Å². The van der Waals surface area contributed by atoms with E-state index in [-0.39, 0.29) is 16.9 Å². The first-order valence-corrected chi connectivity index (χ1v) is 5.60. The minimum atomic E-state index is -0.885. The van der Waals surface area contributed by atoms with Crippen molar-refractivity contribution in [3.8, 4) is 5.75 Å². The van der Waals surface area contributed by atoms with Gasteiger partial charge in [0.25, 0.3) is 0 Å². The zero-order valence-electron chi connectivity index (χ0n) is 10.7. The number of β-amino-alcohol motifs (C(OH)–C–C–N with tert-alkyl or cyclic N) is 1. The van der Waals surface area contributed by atoms with E-state index in [4.69, 9.17) is 4.74 Å². The maximum Gasteiger partial charge on any atom is 0.170 e. The van der Waals surface area contributed by atoms with Crippen molar-refractivity contribution >= 4 is 0 Å². The number of rotatable bonds is 4. The largest absolute Gasteiger partial charge is 0.494 e. The number of nitrogens with one attached hydrogen (secondary N) is 1. The lowest BCUT2D eigenvalue weighted by Gasteiger charge is -2.23. The third kappa shape index (κ3) is 3.98. The van der Waals surface area contributed by atoms with Gasteiger partial charge in [0.05, 0.1) is 13.2 Å². The monoisotopic (exact) mass is 241 g/mol. The topological polar surface area (TPSA) is 41.5 Å². The molecule has 0 aliphatic carbocycles. The van der Waals surface area contributed by atoms with E-state index >= 15 is 0 Å². The highest BCUT2D eigenvalue weighted by Crippen LogP contribution is 2.24. The molecule has 2 N–H and O–H groups in total. The molecule has 0 radical (unpaired) electrons. The normalized spacial score (nSPS) is 13.5. The number of hydrogen-bond acceptors (Lipinski definition) is 3. The van der Waals surface area contributed by atoms with Gasteiger partial charge in [0.15, 0.2) is 11.6 Å². The molecule has 0 aliphatic rings. The van der Waals surface area contributed by atoms with Crippen LogP contribution in [0, 0.1) is 5.82 Å². The number of halogens is 1. The van der Waals surface area contributed by atoms with Gasteiger partial charge in [0, 0.05) is 17.6 Å². The highest BCUT2D eigenvalue weighted by atomic mass is 19.1. The smallest absolute Gasteiger partial charge is 0.170 e. The number of aliphatic hydroxyl groups is 1. The quantitative estimate of drug-likeness (QED) is 0.849. The highest BCUT2D eigenvalue weighted by molar-refractivity contribution is 5.32. The van der Waals surface area contributed by atoms with Crippen LogP contribution in [0.1, 0.15) is 32.4 Å². The van der Waals surface area contributed by atoms with E-state index in [1.807, 2.05) is 20.8 Å². The Morgan fingerprint density at radius 2 is 2.06 bits per heavy atom. The van der Waals surface area contributed by atoms with E-state index < -0.39 is 11.9 Å². The maximum absolute atomic E-state index is 13.8. The van der Waals surface area contributed by atoms with E-state index in [0.717, 1.165) is 0 Å². The van der Waals surface area contributed by atoms with Crippen LogP contribution in [0.4, 0.5) is 4.39 Å². The summed E-state index contributed by atoms with van der Waals surface area (Å²) < 4.78 is 18.7. The van der Waals surface area contributed by atoms with Gasteiger partial charge in [-0.15, -0.1) is 0 Å². The van der Waals surface area contributed by atoms with Crippen molar-refractivity contribution in [2.45, 2.75) is 32.4 Å². The lowest BCUT2D eigenvalue weighted by molar-refractivity contribution is 0.158. The summed E-state index contributed by atoms with van der Waals surface area (Å²) in [5.74, 6) is -0.351. The van der Waals surface area contributed by atoms with E-state index in [1.54, 1.807) is 12.1 Å². The van der Waals surface area contributed by atoms with Crippen LogP contribution >= 0.6 is 0 Å². The van der Waals surface area contributed by atoms with Crippen LogP contribution in [0.5, 0.6) is 5.75 Å². The second kappa shape index (κ2) is 5.47. The predicted octanol–water partition coefficient (Wildman–Crippen LogP) is 2.26. The molecule has 0 heterocycles. The molecule has 4 heteroatoms. The van der Waals surface area contributed by atoms with Gasteiger partial charge in [-0.3, -0.25) is 0 Å². The summed E-state index contributed by atoms with van der Waals surface area (Å²) in [7, 11) is 1.40. The van der Waals surface area contributed by atoms with Crippen LogP contribution in [0.3, 0.4) is 0 Å². The molecule has 0 aliphatic heterocycles. The molecule has 1 atom stereocenters. The molecule has 17 heavy (non-hydrogen) atoms. The lowest BCUT2D eigenvalue weighted by atomic mass is 10.1. The van der Waals surface area contributed by atoms with Crippen molar-refractivity contribution in [1.82, 2.24) is 5.32 Å². The van der Waals surface area contributed by atoms with Crippen LogP contribution in [-0.4, -0.2) is 24.3 Å². The van der Waals surface area contributed by atoms with E-state index in [0.29, 0.717) is 6.54 Å². The van der Waals surface area contributed by atoms with Gasteiger partial charge >= 0.3 is 0 Å². The molecule has 0 saturated carbocycles. The van der Waals surface area contributed by atoms with E-state index in [1.165, 1.54) is 13.2 Å². The molecule has 3 nitrogen and oxygen atoms in total. The Kier molecular flexibility index (Phi) is 4.48. The summed E-state index contributed by atoms with van der Waals surface area (Å²) >= 11 is 0. The van der Waals surface area contributed by atoms with Crippen molar-refractivity contribution in [1.29, 1.82) is 0 Å². The molecule has 0 bridgehead atoms. The van der Waals surface area contributed by atoms with Gasteiger partial charge in [-0.2, -0.15) is 0 Å². The summed E-state index contributed by atoms with van der Waals surface area (Å²) in [6.07, 6.45) is -0.885. The first kappa shape index (κ1) is 13.9. The lowest BCUT2D eigenvalue weighted by Crippen LogP contribution is -2.38. The third-order valence-electron chi connectivity index (χ3n) is 2.40. The summed E-state index contributed by atoms with van der Waals surface area (Å²) in [5, 5.41) is 13.1. The second-order valence-corrected chi connectivity index (χ2v) is 5.01. The van der Waals surface area contributed by atoms with Gasteiger partial charge in [0.2, 0.25) is 0 Å². The fraction of sp³-hybridized carbons (Fsp3) is 0.538. The Labute approximate surface area is 102 Å². The molecular formula is C13H20FNO2. The van der Waals surface area contributed by atoms with Crippen molar-refractivity contribution < 1.29 is 14.2 Å². The van der Waals surface area contributed by atoms with Crippen LogP contribution in [-0.2, 0) is 0 Å². The molecular weight excluding hydrogens is 221 g/mol. The Morgan fingerprint density at radius 3 is 2.59 bits per heavy atom. The van der Waals surface area contributed by atoms with Crippen molar-refractivity contribution in [3.63, 3.8) is 0 Å². The van der Waals surface area contributed by atoms with Crippen LogP contribution in [0.2, 0.25) is 0 Å². The Morgan fingerprint density at radius 1 is 1.41 bits per heavy atom. The maximum atomic E-state index is 13.8. The molecule has 0 spiro atoms. The molecule has 1 unspecified atom stereocenters. The van der Waals surface area contributed by atoms with Gasteiger partial charge in [-0.05, 0) is 26.8 Å². The average Bonchev–Trinajstić information content (AvgIpc) is 2.25. The van der Waals surface area contributed by atoms with Crippen molar-refractivity contribution in [2.75, 3.05) is 13.7 Å². The van der Waals surface area contributed by atoms with Crippen molar-refractivity contribution in [2.24, 2.45) is 0 Å². The van der Waals surface area contributed by atoms with Gasteiger partial charge < -0.3 is 15.2 Å². The van der Waals surface area contributed by atoms with E-state index in [9.17, 15) is 9.50 Å². The Bertz CT molecular complexity index is 374. The first-order chi connectivity index (χ1) is 7.85. The fourth-order valence-electron chi connectivity index (χ4n) is 1.46. The minimum absolute atomic E-state index is 0.115. The van der Waals surface area contributed by atoms with Gasteiger partial charge in [-0.1, -0.05) is 12.1 Å². The van der Waals surface area contributed by atoms with Crippen molar-refractivity contribution in [3.05, 3.63) is 29.6 Å². The molecule has 1 rings (SSSR count). The molecule has 0 fully saturated rings. The van der Waals surface area contributed by atoms with Gasteiger partial charge in [0.1, 0.15) is 0 Å². The number of aliphatic hydroxyl groups excluding tert-OH is 1.